The van der Waals surface area contributed by atoms with Crippen LogP contribution in [-0.2, 0) is 0 Å². The van der Waals surface area contributed by atoms with Crippen molar-refractivity contribution in [1.82, 2.24) is 0 Å². The molecule has 1 atom stereocenters. The third kappa shape index (κ3) is 2.20. The van der Waals surface area contributed by atoms with Crippen molar-refractivity contribution in [1.29, 1.82) is 0 Å². The number of quaternary nitrogens is 1. The number of rotatable bonds is 2. The van der Waals surface area contributed by atoms with Gasteiger partial charge in [-0.25, -0.2) is 0 Å². The van der Waals surface area contributed by atoms with E-state index >= 15 is 0 Å². The lowest BCUT2D eigenvalue weighted by molar-refractivity contribution is -0.411. The summed E-state index contributed by atoms with van der Waals surface area (Å²) in [4.78, 5) is 0. The van der Waals surface area contributed by atoms with E-state index in [9.17, 15) is 0 Å². The Morgan fingerprint density at radius 2 is 1.47 bits per heavy atom. The van der Waals surface area contributed by atoms with Crippen LogP contribution in [-0.4, -0.2) is 0 Å². The van der Waals surface area contributed by atoms with E-state index in [0.29, 0.717) is 0 Å². The van der Waals surface area contributed by atoms with Crippen LogP contribution in [0.5, 0.6) is 0 Å². The van der Waals surface area contributed by atoms with Crippen LogP contribution < -0.4 is 5.73 Å². The van der Waals surface area contributed by atoms with Crippen LogP contribution in [0.1, 0.15) is 17.2 Å². The van der Waals surface area contributed by atoms with E-state index in [-0.39, 0.29) is 6.04 Å². The zero-order valence-corrected chi connectivity index (χ0v) is 9.11. The highest BCUT2D eigenvalue weighted by atomic mass is 35.5. The van der Waals surface area contributed by atoms with E-state index in [4.69, 9.17) is 11.6 Å². The van der Waals surface area contributed by atoms with Crippen LogP contribution in [0.3, 0.4) is 0 Å². The fourth-order valence-electron chi connectivity index (χ4n) is 1.62. The number of benzene rings is 2. The topological polar surface area (TPSA) is 27.6 Å². The number of hydrogen-bond donors (Lipinski definition) is 1. The van der Waals surface area contributed by atoms with Gasteiger partial charge < -0.3 is 5.73 Å². The zero-order chi connectivity index (χ0) is 10.7. The number of hydrogen-bond acceptors (Lipinski definition) is 0. The highest BCUT2D eigenvalue weighted by Gasteiger charge is 2.14. The third-order valence-electron chi connectivity index (χ3n) is 2.48. The van der Waals surface area contributed by atoms with Crippen molar-refractivity contribution >= 4 is 11.6 Å². The van der Waals surface area contributed by atoms with Crippen molar-refractivity contribution in [2.24, 2.45) is 0 Å². The lowest BCUT2D eigenvalue weighted by Crippen LogP contribution is -2.54. The summed E-state index contributed by atoms with van der Waals surface area (Å²) in [5.41, 5.74) is 6.42. The lowest BCUT2D eigenvalue weighted by Gasteiger charge is -2.10. The lowest BCUT2D eigenvalue weighted by atomic mass is 10.00. The first kappa shape index (κ1) is 10.2. The van der Waals surface area contributed by atoms with Crippen molar-refractivity contribution in [2.75, 3.05) is 0 Å². The summed E-state index contributed by atoms with van der Waals surface area (Å²) >= 11 is 6.13. The molecule has 76 valence electrons. The second kappa shape index (κ2) is 4.47. The first-order chi connectivity index (χ1) is 7.29. The van der Waals surface area contributed by atoms with Crippen LogP contribution in [0, 0.1) is 0 Å². The van der Waals surface area contributed by atoms with Crippen molar-refractivity contribution in [3.8, 4) is 0 Å². The van der Waals surface area contributed by atoms with Gasteiger partial charge in [-0.3, -0.25) is 0 Å². The smallest absolute Gasteiger partial charge is 0.137 e. The predicted octanol–water partition coefficient (Wildman–Crippen LogP) is 2.67. The van der Waals surface area contributed by atoms with Gasteiger partial charge >= 0.3 is 0 Å². The minimum Gasteiger partial charge on any atom is -0.348 e. The molecular weight excluding hydrogens is 206 g/mol. The molecule has 0 bridgehead atoms. The van der Waals surface area contributed by atoms with Crippen LogP contribution in [0.2, 0.25) is 5.02 Å². The summed E-state index contributed by atoms with van der Waals surface area (Å²) < 4.78 is 0. The fraction of sp³-hybridized carbons (Fsp3) is 0.0769. The van der Waals surface area contributed by atoms with E-state index in [2.05, 4.69) is 17.9 Å². The molecule has 2 aromatic rings. The maximum atomic E-state index is 6.13. The molecule has 0 aliphatic rings. The summed E-state index contributed by atoms with van der Waals surface area (Å²) in [6, 6.07) is 18.1. The molecule has 0 amide bonds. The molecule has 0 spiro atoms. The first-order valence-corrected chi connectivity index (χ1v) is 5.29. The summed E-state index contributed by atoms with van der Waals surface area (Å²) in [5.74, 6) is 0. The molecule has 3 N–H and O–H groups in total. The van der Waals surface area contributed by atoms with Gasteiger partial charge in [-0.15, -0.1) is 0 Å². The fourth-order valence-corrected chi connectivity index (χ4v) is 1.89. The maximum Gasteiger partial charge on any atom is 0.137 e. The molecule has 2 aromatic carbocycles. The SMILES string of the molecule is [NH3+]C(c1ccccc1)c1ccccc1Cl. The van der Waals surface area contributed by atoms with E-state index in [0.717, 1.165) is 10.6 Å². The highest BCUT2D eigenvalue weighted by molar-refractivity contribution is 6.31. The van der Waals surface area contributed by atoms with E-state index < -0.39 is 0 Å². The van der Waals surface area contributed by atoms with Gasteiger partial charge in [0.2, 0.25) is 0 Å². The van der Waals surface area contributed by atoms with E-state index in [1.807, 2.05) is 42.5 Å². The quantitative estimate of drug-likeness (QED) is 0.803. The first-order valence-electron chi connectivity index (χ1n) is 4.91. The minimum absolute atomic E-state index is 0.0971. The Hall–Kier alpha value is -1.31. The van der Waals surface area contributed by atoms with Gasteiger partial charge in [0.15, 0.2) is 0 Å². The van der Waals surface area contributed by atoms with E-state index in [1.165, 1.54) is 5.56 Å². The van der Waals surface area contributed by atoms with Gasteiger partial charge in [-0.2, -0.15) is 0 Å². The Bertz CT molecular complexity index is 439. The monoisotopic (exact) mass is 218 g/mol. The second-order valence-corrected chi connectivity index (χ2v) is 3.89. The van der Waals surface area contributed by atoms with Gasteiger partial charge in [0.1, 0.15) is 6.04 Å². The Balaban J connectivity index is 2.37. The molecule has 0 fully saturated rings. The second-order valence-electron chi connectivity index (χ2n) is 3.48. The third-order valence-corrected chi connectivity index (χ3v) is 2.83. The average molecular weight is 219 g/mol. The highest BCUT2D eigenvalue weighted by Crippen LogP contribution is 2.24. The molecular formula is C13H13ClN+. The molecule has 15 heavy (non-hydrogen) atoms. The van der Waals surface area contributed by atoms with E-state index in [1.54, 1.807) is 0 Å². The zero-order valence-electron chi connectivity index (χ0n) is 8.36. The van der Waals surface area contributed by atoms with Crippen LogP contribution >= 0.6 is 11.6 Å². The maximum absolute atomic E-state index is 6.13. The molecule has 0 aromatic heterocycles. The molecule has 0 aliphatic heterocycles. The van der Waals surface area contributed by atoms with Gasteiger partial charge in [-0.05, 0) is 6.07 Å². The average Bonchev–Trinajstić information content (AvgIpc) is 2.30. The summed E-state index contributed by atoms with van der Waals surface area (Å²) in [6.07, 6.45) is 0. The molecule has 0 saturated carbocycles. The largest absolute Gasteiger partial charge is 0.348 e. The van der Waals surface area contributed by atoms with Gasteiger partial charge in [-0.1, -0.05) is 60.1 Å². The van der Waals surface area contributed by atoms with Gasteiger partial charge in [0.25, 0.3) is 0 Å². The van der Waals surface area contributed by atoms with Crippen LogP contribution in [0.15, 0.2) is 54.6 Å². The van der Waals surface area contributed by atoms with Gasteiger partial charge in [0, 0.05) is 11.1 Å². The Morgan fingerprint density at radius 1 is 0.867 bits per heavy atom. The molecule has 0 saturated heterocycles. The number of halogens is 1. The van der Waals surface area contributed by atoms with Gasteiger partial charge in [0.05, 0.1) is 5.02 Å². The summed E-state index contributed by atoms with van der Waals surface area (Å²) in [6.45, 7) is 0. The Kier molecular flexibility index (Phi) is 3.05. The van der Waals surface area contributed by atoms with Crippen molar-refractivity contribution in [3.63, 3.8) is 0 Å². The normalized spacial score (nSPS) is 12.4. The van der Waals surface area contributed by atoms with Crippen molar-refractivity contribution < 1.29 is 5.73 Å². The molecule has 0 heterocycles. The van der Waals surface area contributed by atoms with Crippen LogP contribution in [0.4, 0.5) is 0 Å². The Morgan fingerprint density at radius 3 is 2.13 bits per heavy atom. The molecule has 0 aliphatic carbocycles. The summed E-state index contributed by atoms with van der Waals surface area (Å²) in [7, 11) is 0. The Labute approximate surface area is 94.5 Å². The summed E-state index contributed by atoms with van der Waals surface area (Å²) in [5, 5.41) is 0.779. The predicted molar refractivity (Wildman–Crippen MR) is 62.6 cm³/mol. The minimum atomic E-state index is 0.0971. The molecule has 2 heteroatoms. The molecule has 0 radical (unpaired) electrons. The van der Waals surface area contributed by atoms with Crippen LogP contribution in [0.25, 0.3) is 0 Å². The molecule has 2 rings (SSSR count). The standard InChI is InChI=1S/C13H12ClN/c14-12-9-5-4-8-11(12)13(15)10-6-2-1-3-7-10/h1-9,13H,15H2/p+1. The van der Waals surface area contributed by atoms with Crippen molar-refractivity contribution in [2.45, 2.75) is 6.04 Å². The van der Waals surface area contributed by atoms with Crippen molar-refractivity contribution in [3.05, 3.63) is 70.7 Å². The molecule has 1 nitrogen and oxygen atoms in total. The molecule has 1 unspecified atom stereocenters.